The summed E-state index contributed by atoms with van der Waals surface area (Å²) in [7, 11) is 0. The molecule has 3 nitrogen and oxygen atoms in total. The first-order valence-corrected chi connectivity index (χ1v) is 10.8. The average molecular weight is 354 g/mol. The molecule has 148 valence electrons. The van der Waals surface area contributed by atoms with Crippen LogP contribution in [0.2, 0.25) is 0 Å². The van der Waals surface area contributed by atoms with Crippen LogP contribution in [0.5, 0.6) is 0 Å². The van der Waals surface area contributed by atoms with Crippen LogP contribution < -0.4 is 0 Å². The predicted octanol–water partition coefficient (Wildman–Crippen LogP) is 6.78. The van der Waals surface area contributed by atoms with Crippen molar-refractivity contribution in [2.24, 2.45) is 0 Å². The van der Waals surface area contributed by atoms with Crippen LogP contribution in [0.1, 0.15) is 111 Å². The highest BCUT2D eigenvalue weighted by molar-refractivity contribution is 5.86. The SMILES string of the molecule is CCCCCCCCN(CCCCCCCC)C(CC)=C(C)C(=O)O. The fourth-order valence-electron chi connectivity index (χ4n) is 3.40. The fraction of sp³-hybridized carbons (Fsp3) is 0.864. The van der Waals surface area contributed by atoms with E-state index in [9.17, 15) is 9.90 Å². The Hall–Kier alpha value is -0.990. The lowest BCUT2D eigenvalue weighted by Crippen LogP contribution is -2.27. The lowest BCUT2D eigenvalue weighted by atomic mass is 10.1. The van der Waals surface area contributed by atoms with E-state index < -0.39 is 5.97 Å². The molecule has 0 bridgehead atoms. The predicted molar refractivity (Wildman–Crippen MR) is 109 cm³/mol. The molecule has 0 unspecified atom stereocenters. The zero-order chi connectivity index (χ0) is 18.9. The number of allylic oxidation sites excluding steroid dienone is 1. The van der Waals surface area contributed by atoms with E-state index in [0.29, 0.717) is 5.57 Å². The molecule has 0 amide bonds. The fourth-order valence-corrected chi connectivity index (χ4v) is 3.40. The second-order valence-electron chi connectivity index (χ2n) is 7.25. The summed E-state index contributed by atoms with van der Waals surface area (Å²) in [6.07, 6.45) is 16.2. The van der Waals surface area contributed by atoms with Crippen LogP contribution in [0.25, 0.3) is 0 Å². The van der Waals surface area contributed by atoms with Crippen LogP contribution in [-0.4, -0.2) is 29.1 Å². The van der Waals surface area contributed by atoms with Gasteiger partial charge in [-0.15, -0.1) is 0 Å². The van der Waals surface area contributed by atoms with E-state index in [2.05, 4.69) is 25.7 Å². The minimum absolute atomic E-state index is 0.527. The van der Waals surface area contributed by atoms with Gasteiger partial charge in [0.2, 0.25) is 0 Å². The number of nitrogens with zero attached hydrogens (tertiary/aromatic N) is 1. The summed E-state index contributed by atoms with van der Waals surface area (Å²) in [5, 5.41) is 9.39. The van der Waals surface area contributed by atoms with E-state index in [1.54, 1.807) is 6.92 Å². The molecule has 0 fully saturated rings. The first-order valence-electron chi connectivity index (χ1n) is 10.8. The molecule has 0 saturated carbocycles. The molecule has 0 heterocycles. The zero-order valence-corrected chi connectivity index (χ0v) is 17.4. The van der Waals surface area contributed by atoms with E-state index in [1.807, 2.05) is 0 Å². The van der Waals surface area contributed by atoms with Crippen LogP contribution in [0, 0.1) is 0 Å². The molecule has 3 heteroatoms. The Balaban J connectivity index is 4.49. The van der Waals surface area contributed by atoms with Crippen molar-refractivity contribution in [2.45, 2.75) is 111 Å². The molecule has 0 spiro atoms. The molecule has 0 aromatic rings. The summed E-state index contributed by atoms with van der Waals surface area (Å²) < 4.78 is 0. The molecule has 0 saturated heterocycles. The van der Waals surface area contributed by atoms with E-state index >= 15 is 0 Å². The normalized spacial score (nSPS) is 12.2. The van der Waals surface area contributed by atoms with E-state index in [-0.39, 0.29) is 0 Å². The third kappa shape index (κ3) is 12.1. The lowest BCUT2D eigenvalue weighted by Gasteiger charge is -2.28. The quantitative estimate of drug-likeness (QED) is 0.231. The van der Waals surface area contributed by atoms with Crippen LogP contribution in [0.15, 0.2) is 11.3 Å². The maximum absolute atomic E-state index is 11.4. The van der Waals surface area contributed by atoms with Gasteiger partial charge in [0.15, 0.2) is 0 Å². The van der Waals surface area contributed by atoms with Crippen molar-refractivity contribution in [1.82, 2.24) is 4.90 Å². The minimum atomic E-state index is -0.771. The van der Waals surface area contributed by atoms with Gasteiger partial charge in [0.25, 0.3) is 0 Å². The van der Waals surface area contributed by atoms with E-state index in [0.717, 1.165) is 25.2 Å². The molecule has 0 aliphatic rings. The maximum atomic E-state index is 11.4. The Morgan fingerprint density at radius 3 is 1.48 bits per heavy atom. The number of carbonyl (C=O) groups is 1. The van der Waals surface area contributed by atoms with Gasteiger partial charge in [0, 0.05) is 18.8 Å². The van der Waals surface area contributed by atoms with Gasteiger partial charge in [0.1, 0.15) is 0 Å². The second kappa shape index (κ2) is 16.5. The first kappa shape index (κ1) is 24.0. The Morgan fingerprint density at radius 2 is 1.12 bits per heavy atom. The van der Waals surface area contributed by atoms with Gasteiger partial charge in [0.05, 0.1) is 5.57 Å². The Labute approximate surface area is 156 Å². The summed E-state index contributed by atoms with van der Waals surface area (Å²) in [5.74, 6) is -0.771. The molecular formula is C22H43NO2. The molecular weight excluding hydrogens is 310 g/mol. The highest BCUT2D eigenvalue weighted by atomic mass is 16.4. The van der Waals surface area contributed by atoms with Gasteiger partial charge in [-0.3, -0.25) is 0 Å². The summed E-state index contributed by atoms with van der Waals surface area (Å²) in [5.41, 5.74) is 1.56. The summed E-state index contributed by atoms with van der Waals surface area (Å²) in [6, 6.07) is 0. The number of rotatable bonds is 17. The Kier molecular flexibility index (Phi) is 15.8. The maximum Gasteiger partial charge on any atom is 0.333 e. The third-order valence-electron chi connectivity index (χ3n) is 5.03. The van der Waals surface area contributed by atoms with Crippen LogP contribution in [-0.2, 0) is 4.79 Å². The van der Waals surface area contributed by atoms with E-state index in [4.69, 9.17) is 0 Å². The monoisotopic (exact) mass is 353 g/mol. The van der Waals surface area contributed by atoms with Crippen LogP contribution in [0.4, 0.5) is 0 Å². The van der Waals surface area contributed by atoms with Crippen LogP contribution >= 0.6 is 0 Å². The highest BCUT2D eigenvalue weighted by Crippen LogP contribution is 2.18. The highest BCUT2D eigenvalue weighted by Gasteiger charge is 2.14. The molecule has 0 aromatic carbocycles. The molecule has 0 radical (unpaired) electrons. The molecule has 0 atom stereocenters. The first-order chi connectivity index (χ1) is 12.1. The van der Waals surface area contributed by atoms with Crippen molar-refractivity contribution in [3.63, 3.8) is 0 Å². The third-order valence-corrected chi connectivity index (χ3v) is 5.03. The van der Waals surface area contributed by atoms with Crippen molar-refractivity contribution >= 4 is 5.97 Å². The van der Waals surface area contributed by atoms with E-state index in [1.165, 1.54) is 77.0 Å². The molecule has 0 aliphatic carbocycles. The number of unbranched alkanes of at least 4 members (excludes halogenated alkanes) is 10. The Morgan fingerprint density at radius 1 is 0.720 bits per heavy atom. The van der Waals surface area contributed by atoms with Gasteiger partial charge in [-0.25, -0.2) is 4.79 Å². The Bertz CT molecular complexity index is 347. The number of carboxylic acids is 1. The molecule has 0 aromatic heterocycles. The molecule has 25 heavy (non-hydrogen) atoms. The number of hydrogen-bond acceptors (Lipinski definition) is 2. The van der Waals surface area contributed by atoms with Crippen molar-refractivity contribution in [2.75, 3.05) is 13.1 Å². The van der Waals surface area contributed by atoms with Gasteiger partial charge in [-0.05, 0) is 26.2 Å². The number of aliphatic carboxylic acids is 1. The molecule has 1 N–H and O–H groups in total. The second-order valence-corrected chi connectivity index (χ2v) is 7.25. The van der Waals surface area contributed by atoms with Crippen molar-refractivity contribution in [1.29, 1.82) is 0 Å². The molecule has 0 aliphatic heterocycles. The standard InChI is InChI=1S/C22H43NO2/c1-5-8-10-12-14-16-18-23(19-17-15-13-11-9-6-2)21(7-3)20(4)22(24)25/h5-19H2,1-4H3,(H,24,25). The topological polar surface area (TPSA) is 40.5 Å². The summed E-state index contributed by atoms with van der Waals surface area (Å²) in [6.45, 7) is 10.3. The van der Waals surface area contributed by atoms with Crippen molar-refractivity contribution in [3.8, 4) is 0 Å². The minimum Gasteiger partial charge on any atom is -0.478 e. The summed E-state index contributed by atoms with van der Waals surface area (Å²) >= 11 is 0. The smallest absolute Gasteiger partial charge is 0.333 e. The zero-order valence-electron chi connectivity index (χ0n) is 17.4. The van der Waals surface area contributed by atoms with Crippen molar-refractivity contribution < 1.29 is 9.90 Å². The lowest BCUT2D eigenvalue weighted by molar-refractivity contribution is -0.132. The van der Waals surface area contributed by atoms with Crippen molar-refractivity contribution in [3.05, 3.63) is 11.3 Å². The van der Waals surface area contributed by atoms with Crippen LogP contribution in [0.3, 0.4) is 0 Å². The van der Waals surface area contributed by atoms with Gasteiger partial charge in [-0.1, -0.05) is 85.0 Å². The van der Waals surface area contributed by atoms with Gasteiger partial charge >= 0.3 is 5.97 Å². The summed E-state index contributed by atoms with van der Waals surface area (Å²) in [4.78, 5) is 13.8. The number of hydrogen-bond donors (Lipinski definition) is 1. The number of carboxylic acid groups (broad SMARTS) is 1. The average Bonchev–Trinajstić information content (AvgIpc) is 2.60. The largest absolute Gasteiger partial charge is 0.478 e. The van der Waals surface area contributed by atoms with Gasteiger partial charge < -0.3 is 10.0 Å². The van der Waals surface area contributed by atoms with Gasteiger partial charge in [-0.2, -0.15) is 0 Å². The molecule has 0 rings (SSSR count).